The molecule has 2 heterocycles. The molecule has 0 fully saturated rings. The highest BCUT2D eigenvalue weighted by atomic mass is 16.6. The molecule has 0 atom stereocenters. The molecule has 5 nitrogen and oxygen atoms in total. The number of benzene rings is 1. The van der Waals surface area contributed by atoms with Crippen LogP contribution in [0.3, 0.4) is 0 Å². The quantitative estimate of drug-likeness (QED) is 0.595. The first kappa shape index (κ1) is 10.7. The van der Waals surface area contributed by atoms with E-state index >= 15 is 0 Å². The summed E-state index contributed by atoms with van der Waals surface area (Å²) < 4.78 is 9.87. The van der Waals surface area contributed by atoms with Gasteiger partial charge in [0, 0.05) is 11.5 Å². The summed E-state index contributed by atoms with van der Waals surface area (Å²) in [6.07, 6.45) is 0. The maximum absolute atomic E-state index is 11.4. The number of pyridine rings is 1. The predicted molar refractivity (Wildman–Crippen MR) is 62.7 cm³/mol. The molecule has 18 heavy (non-hydrogen) atoms. The third-order valence-electron chi connectivity index (χ3n) is 2.70. The molecule has 90 valence electrons. The van der Waals surface area contributed by atoms with E-state index in [4.69, 9.17) is 4.74 Å². The number of hydrogen-bond donors (Lipinski definition) is 0. The SMILES string of the molecule is CCOc1ccc2cc3c(nc2c1)C(=O)OC3=O. The minimum atomic E-state index is -0.696. The molecule has 1 aliphatic heterocycles. The molecule has 0 spiro atoms. The van der Waals surface area contributed by atoms with Gasteiger partial charge in [0.25, 0.3) is 0 Å². The third-order valence-corrected chi connectivity index (χ3v) is 2.70. The molecule has 0 saturated heterocycles. The van der Waals surface area contributed by atoms with Gasteiger partial charge < -0.3 is 9.47 Å². The van der Waals surface area contributed by atoms with E-state index in [1.165, 1.54) is 0 Å². The molecule has 0 N–H and O–H groups in total. The van der Waals surface area contributed by atoms with Gasteiger partial charge in [-0.05, 0) is 25.1 Å². The number of aromatic nitrogens is 1. The minimum Gasteiger partial charge on any atom is -0.494 e. The van der Waals surface area contributed by atoms with Gasteiger partial charge in [-0.25, -0.2) is 14.6 Å². The van der Waals surface area contributed by atoms with Crippen molar-refractivity contribution >= 4 is 22.8 Å². The number of esters is 2. The first-order valence-corrected chi connectivity index (χ1v) is 5.53. The van der Waals surface area contributed by atoms with E-state index in [9.17, 15) is 9.59 Å². The van der Waals surface area contributed by atoms with Crippen LogP contribution in [0.4, 0.5) is 0 Å². The molecule has 0 aliphatic carbocycles. The van der Waals surface area contributed by atoms with Crippen molar-refractivity contribution in [2.45, 2.75) is 6.92 Å². The number of fused-ring (bicyclic) bond motifs is 2. The van der Waals surface area contributed by atoms with Gasteiger partial charge in [-0.1, -0.05) is 0 Å². The molecule has 0 radical (unpaired) electrons. The van der Waals surface area contributed by atoms with Gasteiger partial charge in [0.1, 0.15) is 5.75 Å². The van der Waals surface area contributed by atoms with Crippen LogP contribution >= 0.6 is 0 Å². The Labute approximate surface area is 102 Å². The minimum absolute atomic E-state index is 0.0705. The average molecular weight is 243 g/mol. The third kappa shape index (κ3) is 1.52. The van der Waals surface area contributed by atoms with Crippen LogP contribution in [0.1, 0.15) is 27.8 Å². The van der Waals surface area contributed by atoms with Gasteiger partial charge in [-0.3, -0.25) is 0 Å². The molecule has 0 amide bonds. The maximum atomic E-state index is 11.4. The van der Waals surface area contributed by atoms with Crippen molar-refractivity contribution in [2.75, 3.05) is 6.61 Å². The van der Waals surface area contributed by atoms with Crippen LogP contribution in [0.2, 0.25) is 0 Å². The number of carbonyl (C=O) groups excluding carboxylic acids is 2. The largest absolute Gasteiger partial charge is 0.494 e. The summed E-state index contributed by atoms with van der Waals surface area (Å²) in [5, 5.41) is 0.767. The van der Waals surface area contributed by atoms with Crippen LogP contribution < -0.4 is 4.74 Å². The lowest BCUT2D eigenvalue weighted by atomic mass is 10.1. The first-order valence-electron chi connectivity index (χ1n) is 5.53. The molecule has 5 heteroatoms. The summed E-state index contributed by atoms with van der Waals surface area (Å²) in [4.78, 5) is 26.9. The van der Waals surface area contributed by atoms with Crippen molar-refractivity contribution < 1.29 is 19.1 Å². The number of hydrogen-bond acceptors (Lipinski definition) is 5. The zero-order valence-corrected chi connectivity index (χ0v) is 9.60. The van der Waals surface area contributed by atoms with Gasteiger partial charge >= 0.3 is 11.9 Å². The van der Waals surface area contributed by atoms with Crippen molar-refractivity contribution in [3.63, 3.8) is 0 Å². The van der Waals surface area contributed by atoms with E-state index in [1.807, 2.05) is 6.92 Å². The Morgan fingerprint density at radius 2 is 2.06 bits per heavy atom. The molecule has 1 aromatic heterocycles. The maximum Gasteiger partial charge on any atom is 0.365 e. The van der Waals surface area contributed by atoms with E-state index < -0.39 is 11.9 Å². The Morgan fingerprint density at radius 3 is 2.83 bits per heavy atom. The standard InChI is InChI=1S/C13H9NO4/c1-2-17-8-4-3-7-5-9-11(14-10(7)6-8)13(16)18-12(9)15/h3-6H,2H2,1H3. The lowest BCUT2D eigenvalue weighted by Gasteiger charge is -2.04. The molecule has 1 aromatic carbocycles. The van der Waals surface area contributed by atoms with Crippen LogP contribution in [-0.4, -0.2) is 23.5 Å². The van der Waals surface area contributed by atoms with E-state index in [2.05, 4.69) is 9.72 Å². The smallest absolute Gasteiger partial charge is 0.365 e. The summed E-state index contributed by atoms with van der Waals surface area (Å²) in [6, 6.07) is 6.93. The molecule has 2 aromatic rings. The van der Waals surface area contributed by atoms with Crippen LogP contribution in [0.15, 0.2) is 24.3 Å². The van der Waals surface area contributed by atoms with Crippen LogP contribution in [0.5, 0.6) is 5.75 Å². The average Bonchev–Trinajstić information content (AvgIpc) is 2.63. The van der Waals surface area contributed by atoms with Gasteiger partial charge in [0.15, 0.2) is 5.69 Å². The van der Waals surface area contributed by atoms with E-state index in [0.29, 0.717) is 17.9 Å². The van der Waals surface area contributed by atoms with E-state index in [1.54, 1.807) is 24.3 Å². The summed E-state index contributed by atoms with van der Waals surface area (Å²) in [7, 11) is 0. The van der Waals surface area contributed by atoms with Crippen molar-refractivity contribution in [3.8, 4) is 5.75 Å². The van der Waals surface area contributed by atoms with Gasteiger partial charge in [0.05, 0.1) is 17.7 Å². The fourth-order valence-electron chi connectivity index (χ4n) is 1.90. The number of rotatable bonds is 2. The van der Waals surface area contributed by atoms with Gasteiger partial charge in [-0.2, -0.15) is 0 Å². The number of nitrogens with zero attached hydrogens (tertiary/aromatic N) is 1. The Bertz CT molecular complexity index is 678. The zero-order valence-electron chi connectivity index (χ0n) is 9.60. The topological polar surface area (TPSA) is 65.5 Å². The molecule has 0 bridgehead atoms. The van der Waals surface area contributed by atoms with Gasteiger partial charge in [0.2, 0.25) is 0 Å². The molecule has 0 saturated carbocycles. The molecular weight excluding hydrogens is 234 g/mol. The number of ether oxygens (including phenoxy) is 2. The fourth-order valence-corrected chi connectivity index (χ4v) is 1.90. The highest BCUT2D eigenvalue weighted by molar-refractivity contribution is 6.15. The molecular formula is C13H9NO4. The summed E-state index contributed by atoms with van der Waals surface area (Å²) in [6.45, 7) is 2.44. The van der Waals surface area contributed by atoms with Crippen LogP contribution in [0.25, 0.3) is 10.9 Å². The number of cyclic esters (lactones) is 2. The second kappa shape index (κ2) is 3.80. The second-order valence-corrected chi connectivity index (χ2v) is 3.85. The predicted octanol–water partition coefficient (Wildman–Crippen LogP) is 1.94. The Hall–Kier alpha value is -2.43. The van der Waals surface area contributed by atoms with Gasteiger partial charge in [-0.15, -0.1) is 0 Å². The van der Waals surface area contributed by atoms with Crippen LogP contribution in [0, 0.1) is 0 Å². The molecule has 1 aliphatic rings. The summed E-state index contributed by atoms with van der Waals surface area (Å²) in [5.41, 5.74) is 0.893. The highest BCUT2D eigenvalue weighted by Gasteiger charge is 2.31. The Balaban J connectivity index is 2.21. The Morgan fingerprint density at radius 1 is 1.22 bits per heavy atom. The van der Waals surface area contributed by atoms with Crippen molar-refractivity contribution in [3.05, 3.63) is 35.5 Å². The second-order valence-electron chi connectivity index (χ2n) is 3.85. The first-order chi connectivity index (χ1) is 8.69. The van der Waals surface area contributed by atoms with E-state index in [0.717, 1.165) is 5.39 Å². The van der Waals surface area contributed by atoms with Crippen molar-refractivity contribution in [1.29, 1.82) is 0 Å². The Kier molecular flexibility index (Phi) is 2.26. The van der Waals surface area contributed by atoms with E-state index in [-0.39, 0.29) is 11.3 Å². The van der Waals surface area contributed by atoms with Crippen molar-refractivity contribution in [1.82, 2.24) is 4.98 Å². The summed E-state index contributed by atoms with van der Waals surface area (Å²) in [5.74, 6) is -0.660. The molecule has 3 rings (SSSR count). The lowest BCUT2D eigenvalue weighted by Crippen LogP contribution is -1.98. The normalized spacial score (nSPS) is 13.6. The molecule has 0 unspecified atom stereocenters. The number of carbonyl (C=O) groups is 2. The monoisotopic (exact) mass is 243 g/mol. The van der Waals surface area contributed by atoms with Crippen LogP contribution in [-0.2, 0) is 4.74 Å². The highest BCUT2D eigenvalue weighted by Crippen LogP contribution is 2.25. The lowest BCUT2D eigenvalue weighted by molar-refractivity contribution is 0.0441. The zero-order chi connectivity index (χ0) is 12.7. The summed E-state index contributed by atoms with van der Waals surface area (Å²) >= 11 is 0. The van der Waals surface area contributed by atoms with Crippen molar-refractivity contribution in [2.24, 2.45) is 0 Å². The fraction of sp³-hybridized carbons (Fsp3) is 0.154.